The number of hydrazine groups is 1. The number of rotatable bonds is 1. The second kappa shape index (κ2) is 2.14. The van der Waals surface area contributed by atoms with E-state index in [0.29, 0.717) is 0 Å². The molecular formula is C4H7N3O3. The highest BCUT2D eigenvalue weighted by molar-refractivity contribution is 5.90. The van der Waals surface area contributed by atoms with Gasteiger partial charge in [-0.05, 0) is 0 Å². The van der Waals surface area contributed by atoms with E-state index in [9.17, 15) is 9.59 Å². The van der Waals surface area contributed by atoms with Gasteiger partial charge in [-0.25, -0.2) is 10.6 Å². The van der Waals surface area contributed by atoms with Crippen molar-refractivity contribution < 1.29 is 14.7 Å². The monoisotopic (exact) mass is 145 g/mol. The van der Waals surface area contributed by atoms with Crippen molar-refractivity contribution in [3.05, 3.63) is 0 Å². The third-order valence-corrected chi connectivity index (χ3v) is 1.26. The number of hydrogen-bond acceptors (Lipinski definition) is 3. The summed E-state index contributed by atoms with van der Waals surface area (Å²) in [6.07, 6.45) is -1.20. The molecular weight excluding hydrogens is 138 g/mol. The van der Waals surface area contributed by atoms with Crippen LogP contribution in [0.4, 0.5) is 4.79 Å². The Hall–Kier alpha value is -1.30. The van der Waals surface area contributed by atoms with Gasteiger partial charge in [0.1, 0.15) is 6.04 Å². The Labute approximate surface area is 56.6 Å². The number of hydrogen-bond donors (Lipinski definition) is 3. The zero-order valence-electron chi connectivity index (χ0n) is 5.07. The van der Waals surface area contributed by atoms with Crippen LogP contribution in [-0.4, -0.2) is 34.7 Å². The molecule has 10 heavy (non-hydrogen) atoms. The highest BCUT2D eigenvalue weighted by atomic mass is 16.4. The summed E-state index contributed by atoms with van der Waals surface area (Å²) in [4.78, 5) is 20.5. The molecule has 56 valence electrons. The summed E-state index contributed by atoms with van der Waals surface area (Å²) in [5.74, 6) is 4.65. The van der Waals surface area contributed by atoms with Gasteiger partial charge < -0.3 is 10.4 Å². The van der Waals surface area contributed by atoms with Crippen molar-refractivity contribution in [3.8, 4) is 0 Å². The summed E-state index contributed by atoms with van der Waals surface area (Å²) >= 11 is 0. The summed E-state index contributed by atoms with van der Waals surface area (Å²) < 4.78 is 0. The molecule has 0 aromatic rings. The quantitative estimate of drug-likeness (QED) is 0.234. The first-order valence-corrected chi connectivity index (χ1v) is 2.67. The van der Waals surface area contributed by atoms with Crippen LogP contribution < -0.4 is 11.2 Å². The zero-order chi connectivity index (χ0) is 7.72. The Morgan fingerprint density at radius 2 is 2.50 bits per heavy atom. The number of nitrogens with two attached hydrogens (primary N) is 1. The molecule has 2 amide bonds. The Balaban J connectivity index is 2.34. The van der Waals surface area contributed by atoms with E-state index < -0.39 is 12.1 Å². The predicted octanol–water partition coefficient (Wildman–Crippen LogP) is -1.66. The van der Waals surface area contributed by atoms with Crippen LogP contribution in [0.3, 0.4) is 0 Å². The number of carbonyl (C=O) groups excluding carboxylic acids is 1. The highest BCUT2D eigenvalue weighted by Crippen LogP contribution is 2.02. The van der Waals surface area contributed by atoms with Gasteiger partial charge in [0.05, 0.1) is 6.54 Å². The van der Waals surface area contributed by atoms with E-state index in [-0.39, 0.29) is 12.5 Å². The van der Waals surface area contributed by atoms with Crippen LogP contribution in [0.15, 0.2) is 0 Å². The average Bonchev–Trinajstić information content (AvgIpc) is 1.86. The number of carbonyl (C=O) groups is 2. The molecule has 1 fully saturated rings. The van der Waals surface area contributed by atoms with E-state index in [1.165, 1.54) is 0 Å². The Kier molecular flexibility index (Phi) is 1.46. The number of carboxylic acid groups (broad SMARTS) is 1. The van der Waals surface area contributed by atoms with Crippen molar-refractivity contribution in [2.24, 2.45) is 5.84 Å². The van der Waals surface area contributed by atoms with Crippen LogP contribution >= 0.6 is 0 Å². The topological polar surface area (TPSA) is 95.7 Å². The van der Waals surface area contributed by atoms with Crippen molar-refractivity contribution in [2.75, 3.05) is 6.54 Å². The summed E-state index contributed by atoms with van der Waals surface area (Å²) in [5.41, 5.74) is 0. The summed E-state index contributed by atoms with van der Waals surface area (Å²) in [6, 6.07) is -0.637. The first-order chi connectivity index (χ1) is 4.61. The van der Waals surface area contributed by atoms with Gasteiger partial charge in [0.2, 0.25) is 0 Å². The minimum atomic E-state index is -1.20. The van der Waals surface area contributed by atoms with Crippen LogP contribution in [-0.2, 0) is 4.79 Å². The summed E-state index contributed by atoms with van der Waals surface area (Å²) in [7, 11) is 0. The summed E-state index contributed by atoms with van der Waals surface area (Å²) in [6.45, 7) is 0.255. The smallest absolute Gasteiger partial charge is 0.405 e. The van der Waals surface area contributed by atoms with Crippen LogP contribution in [0.5, 0.6) is 0 Å². The molecule has 0 bridgehead atoms. The lowest BCUT2D eigenvalue weighted by Crippen LogP contribution is -2.66. The molecule has 0 aliphatic carbocycles. The van der Waals surface area contributed by atoms with E-state index in [0.717, 1.165) is 5.01 Å². The fourth-order valence-corrected chi connectivity index (χ4v) is 0.709. The zero-order valence-corrected chi connectivity index (χ0v) is 5.07. The normalized spacial score (nSPS) is 23.9. The third kappa shape index (κ3) is 1.01. The number of β-lactam (4-membered cyclic amide) rings is 1. The fourth-order valence-electron chi connectivity index (χ4n) is 0.709. The van der Waals surface area contributed by atoms with Crippen molar-refractivity contribution in [1.29, 1.82) is 0 Å². The molecule has 1 heterocycles. The fraction of sp³-hybridized carbons (Fsp3) is 0.500. The van der Waals surface area contributed by atoms with Crippen LogP contribution in [0.1, 0.15) is 0 Å². The summed E-state index contributed by atoms with van der Waals surface area (Å²) in [5, 5.41) is 11.1. The van der Waals surface area contributed by atoms with Gasteiger partial charge in [0, 0.05) is 0 Å². The molecule has 0 unspecified atom stereocenters. The van der Waals surface area contributed by atoms with Gasteiger partial charge in [-0.3, -0.25) is 9.80 Å². The molecule has 0 spiro atoms. The SMILES string of the molecule is NN1C[C@H](NC(=O)O)C1=O. The van der Waals surface area contributed by atoms with Gasteiger partial charge in [-0.1, -0.05) is 0 Å². The van der Waals surface area contributed by atoms with E-state index >= 15 is 0 Å². The number of amides is 2. The molecule has 6 heteroatoms. The van der Waals surface area contributed by atoms with Crippen molar-refractivity contribution in [1.82, 2.24) is 10.3 Å². The highest BCUT2D eigenvalue weighted by Gasteiger charge is 2.35. The first kappa shape index (κ1) is 6.81. The first-order valence-electron chi connectivity index (χ1n) is 2.67. The van der Waals surface area contributed by atoms with Crippen molar-refractivity contribution >= 4 is 12.0 Å². The minimum absolute atomic E-state index is 0.255. The van der Waals surface area contributed by atoms with Crippen molar-refractivity contribution in [2.45, 2.75) is 6.04 Å². The second-order valence-electron chi connectivity index (χ2n) is 1.99. The van der Waals surface area contributed by atoms with Gasteiger partial charge in [0.25, 0.3) is 5.91 Å². The van der Waals surface area contributed by atoms with Gasteiger partial charge in [-0.15, -0.1) is 0 Å². The maximum atomic E-state index is 10.6. The maximum absolute atomic E-state index is 10.6. The predicted molar refractivity (Wildman–Crippen MR) is 30.8 cm³/mol. The van der Waals surface area contributed by atoms with Gasteiger partial charge in [0.15, 0.2) is 0 Å². The Bertz CT molecular complexity index is 181. The van der Waals surface area contributed by atoms with E-state index in [2.05, 4.69) is 0 Å². The average molecular weight is 145 g/mol. The molecule has 0 saturated carbocycles. The standard InChI is InChI=1S/C4H7N3O3/c5-7-1-2(3(7)8)6-4(9)10/h2,6H,1,5H2,(H,9,10)/t2-/m0/s1. The lowest BCUT2D eigenvalue weighted by atomic mass is 10.1. The third-order valence-electron chi connectivity index (χ3n) is 1.26. The Morgan fingerprint density at radius 1 is 1.90 bits per heavy atom. The number of nitrogens with one attached hydrogen (secondary N) is 1. The molecule has 1 aliphatic heterocycles. The molecule has 1 saturated heterocycles. The molecule has 4 N–H and O–H groups in total. The van der Waals surface area contributed by atoms with E-state index in [1.807, 2.05) is 5.32 Å². The van der Waals surface area contributed by atoms with Crippen LogP contribution in [0.2, 0.25) is 0 Å². The largest absolute Gasteiger partial charge is 0.465 e. The second-order valence-corrected chi connectivity index (χ2v) is 1.99. The molecule has 1 aliphatic rings. The molecule has 1 rings (SSSR count). The maximum Gasteiger partial charge on any atom is 0.405 e. The molecule has 0 aromatic heterocycles. The van der Waals surface area contributed by atoms with E-state index in [1.54, 1.807) is 0 Å². The minimum Gasteiger partial charge on any atom is -0.465 e. The van der Waals surface area contributed by atoms with Crippen LogP contribution in [0, 0.1) is 0 Å². The lowest BCUT2D eigenvalue weighted by molar-refractivity contribution is -0.143. The molecule has 0 radical (unpaired) electrons. The molecule has 6 nitrogen and oxygen atoms in total. The number of nitrogens with zero attached hydrogens (tertiary/aromatic N) is 1. The Morgan fingerprint density at radius 3 is 2.80 bits per heavy atom. The van der Waals surface area contributed by atoms with E-state index in [4.69, 9.17) is 10.9 Å². The van der Waals surface area contributed by atoms with Gasteiger partial charge >= 0.3 is 6.09 Å². The molecule has 0 aromatic carbocycles. The molecule has 1 atom stereocenters. The van der Waals surface area contributed by atoms with Crippen molar-refractivity contribution in [3.63, 3.8) is 0 Å². The lowest BCUT2D eigenvalue weighted by Gasteiger charge is -2.33. The van der Waals surface area contributed by atoms with Crippen LogP contribution in [0.25, 0.3) is 0 Å². The van der Waals surface area contributed by atoms with Gasteiger partial charge in [-0.2, -0.15) is 0 Å².